The van der Waals surface area contributed by atoms with Crippen molar-refractivity contribution in [3.8, 4) is 0 Å². The number of unbranched alkanes of at least 4 members (excludes halogenated alkanes) is 1. The lowest BCUT2D eigenvalue weighted by Crippen LogP contribution is -2.44. The van der Waals surface area contributed by atoms with E-state index < -0.39 is 0 Å². The van der Waals surface area contributed by atoms with Crippen LogP contribution in [0, 0.1) is 5.92 Å². The average Bonchev–Trinajstić information content (AvgIpc) is 2.45. The molecule has 1 atom stereocenters. The Morgan fingerprint density at radius 2 is 2.00 bits per heavy atom. The van der Waals surface area contributed by atoms with E-state index in [-0.39, 0.29) is 0 Å². The molecule has 0 saturated carbocycles. The zero-order valence-electron chi connectivity index (χ0n) is 12.0. The maximum absolute atomic E-state index is 3.81. The molecule has 0 radical (unpaired) electrons. The van der Waals surface area contributed by atoms with E-state index in [1.807, 2.05) is 0 Å². The second-order valence-corrected chi connectivity index (χ2v) is 6.03. The predicted octanol–water partition coefficient (Wildman–Crippen LogP) is 3.20. The van der Waals surface area contributed by atoms with Gasteiger partial charge in [-0.05, 0) is 70.6 Å². The Morgan fingerprint density at radius 1 is 1.17 bits per heavy atom. The number of nitrogens with one attached hydrogen (secondary N) is 1. The minimum Gasteiger partial charge on any atom is -0.314 e. The van der Waals surface area contributed by atoms with Crippen molar-refractivity contribution < 1.29 is 0 Å². The number of hydrogen-bond acceptors (Lipinski definition) is 2. The number of allylic oxidation sites excluding steroid dienone is 2. The highest BCUT2D eigenvalue weighted by molar-refractivity contribution is 4.91. The van der Waals surface area contributed by atoms with Crippen LogP contribution < -0.4 is 5.32 Å². The number of hydrogen-bond donors (Lipinski definition) is 1. The molecule has 1 heterocycles. The number of rotatable bonds is 6. The fourth-order valence-corrected chi connectivity index (χ4v) is 3.12. The summed E-state index contributed by atoms with van der Waals surface area (Å²) in [6.45, 7) is 7.46. The van der Waals surface area contributed by atoms with Crippen LogP contribution >= 0.6 is 0 Å². The lowest BCUT2D eigenvalue weighted by Gasteiger charge is -2.33. The van der Waals surface area contributed by atoms with Crippen molar-refractivity contribution in [3.63, 3.8) is 0 Å². The van der Waals surface area contributed by atoms with E-state index in [1.165, 1.54) is 71.1 Å². The molecule has 0 aromatic carbocycles. The van der Waals surface area contributed by atoms with E-state index in [9.17, 15) is 0 Å². The Hall–Kier alpha value is -0.340. The van der Waals surface area contributed by atoms with Crippen LogP contribution in [-0.4, -0.2) is 37.1 Å². The van der Waals surface area contributed by atoms with Gasteiger partial charge in [-0.3, -0.25) is 0 Å². The van der Waals surface area contributed by atoms with Gasteiger partial charge in [0.1, 0.15) is 0 Å². The number of piperidine rings is 1. The highest BCUT2D eigenvalue weighted by Crippen LogP contribution is 2.18. The maximum Gasteiger partial charge on any atom is 0.00915 e. The molecule has 1 unspecified atom stereocenters. The number of likely N-dealkylation sites (tertiary alicyclic amines) is 1. The Morgan fingerprint density at radius 3 is 2.67 bits per heavy atom. The molecular weight excluding hydrogens is 220 g/mol. The molecule has 104 valence electrons. The monoisotopic (exact) mass is 250 g/mol. The first-order chi connectivity index (χ1) is 8.88. The molecule has 18 heavy (non-hydrogen) atoms. The topological polar surface area (TPSA) is 15.3 Å². The number of nitrogens with zero attached hydrogens (tertiary/aromatic N) is 1. The molecule has 2 aliphatic rings. The van der Waals surface area contributed by atoms with Gasteiger partial charge >= 0.3 is 0 Å². The second-order valence-electron chi connectivity index (χ2n) is 6.03. The molecule has 0 aromatic heterocycles. The van der Waals surface area contributed by atoms with Crippen molar-refractivity contribution in [1.82, 2.24) is 10.2 Å². The van der Waals surface area contributed by atoms with Crippen LogP contribution in [-0.2, 0) is 0 Å². The van der Waals surface area contributed by atoms with Crippen molar-refractivity contribution in [1.29, 1.82) is 0 Å². The van der Waals surface area contributed by atoms with Crippen molar-refractivity contribution in [2.24, 2.45) is 5.92 Å². The quantitative estimate of drug-likeness (QED) is 0.728. The molecule has 1 aliphatic carbocycles. The molecule has 1 aliphatic heterocycles. The summed E-state index contributed by atoms with van der Waals surface area (Å²) in [6, 6.07) is 0.786. The molecule has 0 bridgehead atoms. The van der Waals surface area contributed by atoms with Crippen LogP contribution in [0.25, 0.3) is 0 Å². The molecule has 1 saturated heterocycles. The summed E-state index contributed by atoms with van der Waals surface area (Å²) in [5, 5.41) is 3.81. The third-order valence-corrected chi connectivity index (χ3v) is 4.49. The normalized spacial score (nSPS) is 26.6. The van der Waals surface area contributed by atoms with Gasteiger partial charge in [-0.1, -0.05) is 25.5 Å². The third kappa shape index (κ3) is 4.74. The fraction of sp³-hybridized carbons (Fsp3) is 0.875. The van der Waals surface area contributed by atoms with Crippen LogP contribution in [0.4, 0.5) is 0 Å². The smallest absolute Gasteiger partial charge is 0.00915 e. The zero-order chi connectivity index (χ0) is 12.6. The first-order valence-corrected chi connectivity index (χ1v) is 7.99. The SMILES string of the molecule is CCCCN1CCC(NCC2CC=CCC2)CC1. The summed E-state index contributed by atoms with van der Waals surface area (Å²) in [4.78, 5) is 2.64. The molecule has 0 amide bonds. The van der Waals surface area contributed by atoms with Gasteiger partial charge in [0.05, 0.1) is 0 Å². The molecule has 1 fully saturated rings. The van der Waals surface area contributed by atoms with E-state index in [2.05, 4.69) is 29.3 Å². The lowest BCUT2D eigenvalue weighted by atomic mass is 9.93. The summed E-state index contributed by atoms with van der Waals surface area (Å²) < 4.78 is 0. The predicted molar refractivity (Wildman–Crippen MR) is 78.9 cm³/mol. The van der Waals surface area contributed by atoms with Crippen molar-refractivity contribution in [3.05, 3.63) is 12.2 Å². The maximum atomic E-state index is 3.81. The van der Waals surface area contributed by atoms with Gasteiger partial charge in [0.2, 0.25) is 0 Å². The Balaban J connectivity index is 1.57. The van der Waals surface area contributed by atoms with Gasteiger partial charge in [0.15, 0.2) is 0 Å². The molecule has 1 N–H and O–H groups in total. The van der Waals surface area contributed by atoms with Gasteiger partial charge in [-0.2, -0.15) is 0 Å². The van der Waals surface area contributed by atoms with E-state index in [1.54, 1.807) is 0 Å². The fourth-order valence-electron chi connectivity index (χ4n) is 3.12. The second kappa shape index (κ2) is 7.96. The third-order valence-electron chi connectivity index (χ3n) is 4.49. The first kappa shape index (κ1) is 14.1. The minimum atomic E-state index is 0.786. The van der Waals surface area contributed by atoms with Crippen molar-refractivity contribution >= 4 is 0 Å². The van der Waals surface area contributed by atoms with Crippen LogP contribution in [0.3, 0.4) is 0 Å². The Labute approximate surface area is 113 Å². The molecule has 0 spiro atoms. The van der Waals surface area contributed by atoms with Gasteiger partial charge in [0.25, 0.3) is 0 Å². The highest BCUT2D eigenvalue weighted by Gasteiger charge is 2.19. The van der Waals surface area contributed by atoms with Gasteiger partial charge in [-0.15, -0.1) is 0 Å². The van der Waals surface area contributed by atoms with Gasteiger partial charge in [-0.25, -0.2) is 0 Å². The standard InChI is InChI=1S/C16H30N2/c1-2-3-11-18-12-9-16(10-13-18)17-14-15-7-5-4-6-8-15/h4-5,15-17H,2-3,6-14H2,1H3. The lowest BCUT2D eigenvalue weighted by molar-refractivity contribution is 0.192. The van der Waals surface area contributed by atoms with Crippen LogP contribution in [0.15, 0.2) is 12.2 Å². The van der Waals surface area contributed by atoms with E-state index >= 15 is 0 Å². The zero-order valence-corrected chi connectivity index (χ0v) is 12.0. The van der Waals surface area contributed by atoms with Crippen LogP contribution in [0.1, 0.15) is 51.9 Å². The molecule has 2 heteroatoms. The summed E-state index contributed by atoms with van der Waals surface area (Å²) in [6.07, 6.45) is 14.1. The van der Waals surface area contributed by atoms with E-state index in [0.717, 1.165) is 12.0 Å². The summed E-state index contributed by atoms with van der Waals surface area (Å²) >= 11 is 0. The summed E-state index contributed by atoms with van der Waals surface area (Å²) in [5.41, 5.74) is 0. The van der Waals surface area contributed by atoms with Crippen molar-refractivity contribution in [2.45, 2.75) is 57.9 Å². The first-order valence-electron chi connectivity index (χ1n) is 7.99. The molecule has 0 aromatic rings. The Bertz CT molecular complexity index is 241. The average molecular weight is 250 g/mol. The van der Waals surface area contributed by atoms with E-state index in [4.69, 9.17) is 0 Å². The molecule has 2 rings (SSSR count). The van der Waals surface area contributed by atoms with E-state index in [0.29, 0.717) is 0 Å². The Kier molecular flexibility index (Phi) is 6.22. The van der Waals surface area contributed by atoms with Gasteiger partial charge < -0.3 is 10.2 Å². The summed E-state index contributed by atoms with van der Waals surface area (Å²) in [7, 11) is 0. The van der Waals surface area contributed by atoms with Crippen LogP contribution in [0.5, 0.6) is 0 Å². The molecular formula is C16H30N2. The van der Waals surface area contributed by atoms with Crippen LogP contribution in [0.2, 0.25) is 0 Å². The highest BCUT2D eigenvalue weighted by atomic mass is 15.1. The molecule has 2 nitrogen and oxygen atoms in total. The summed E-state index contributed by atoms with van der Waals surface area (Å²) in [5.74, 6) is 0.896. The largest absolute Gasteiger partial charge is 0.314 e. The van der Waals surface area contributed by atoms with Crippen molar-refractivity contribution in [2.75, 3.05) is 26.2 Å². The van der Waals surface area contributed by atoms with Gasteiger partial charge in [0, 0.05) is 6.04 Å². The minimum absolute atomic E-state index is 0.786.